The van der Waals surface area contributed by atoms with E-state index in [2.05, 4.69) is 0 Å². The first-order valence-corrected chi connectivity index (χ1v) is 3.77. The van der Waals surface area contributed by atoms with Gasteiger partial charge in [-0.25, -0.2) is 0 Å². The van der Waals surface area contributed by atoms with Crippen LogP contribution in [0, 0.1) is 13.8 Å². The normalized spacial score (nSPS) is 9.83. The Morgan fingerprint density at radius 2 is 2.08 bits per heavy atom. The third kappa shape index (κ3) is 1.61. The molecule has 0 atom stereocenters. The lowest BCUT2D eigenvalue weighted by molar-refractivity contribution is -0.108. The van der Waals surface area contributed by atoms with Crippen LogP contribution >= 0.6 is 0 Å². The third-order valence-electron chi connectivity index (χ3n) is 1.74. The van der Waals surface area contributed by atoms with Crippen LogP contribution < -0.4 is 5.56 Å². The molecule has 1 aromatic heterocycles. The lowest BCUT2D eigenvalue weighted by Gasteiger charge is -2.05. The molecule has 0 aromatic carbocycles. The molecule has 1 heterocycles. The predicted octanol–water partition coefficient (Wildman–Crippen LogP) is 0.664. The summed E-state index contributed by atoms with van der Waals surface area (Å²) in [6.45, 7) is 3.82. The summed E-state index contributed by atoms with van der Waals surface area (Å²) < 4.78 is 1.44. The van der Waals surface area contributed by atoms with Crippen LogP contribution in [-0.4, -0.2) is 10.9 Å². The van der Waals surface area contributed by atoms with Crippen molar-refractivity contribution in [2.75, 3.05) is 0 Å². The lowest BCUT2D eigenvalue weighted by Crippen LogP contribution is -2.22. The van der Waals surface area contributed by atoms with Gasteiger partial charge in [0.05, 0.1) is 6.54 Å². The zero-order valence-electron chi connectivity index (χ0n) is 7.20. The Morgan fingerprint density at radius 1 is 1.42 bits per heavy atom. The van der Waals surface area contributed by atoms with Crippen molar-refractivity contribution < 1.29 is 4.79 Å². The number of rotatable bonds is 2. The van der Waals surface area contributed by atoms with Gasteiger partial charge in [0.25, 0.3) is 5.56 Å². The van der Waals surface area contributed by atoms with Gasteiger partial charge in [-0.1, -0.05) is 0 Å². The Balaban J connectivity index is 3.28. The molecule has 3 heteroatoms. The molecule has 0 aliphatic heterocycles. The smallest absolute Gasteiger partial charge is 0.251 e. The molecule has 0 spiro atoms. The number of hydrogen-bond acceptors (Lipinski definition) is 2. The van der Waals surface area contributed by atoms with E-state index in [4.69, 9.17) is 0 Å². The monoisotopic (exact) mass is 165 g/mol. The first-order valence-electron chi connectivity index (χ1n) is 3.77. The summed E-state index contributed by atoms with van der Waals surface area (Å²) >= 11 is 0. The molecule has 0 amide bonds. The zero-order chi connectivity index (χ0) is 9.14. The highest BCUT2D eigenvalue weighted by molar-refractivity contribution is 5.49. The van der Waals surface area contributed by atoms with E-state index in [0.717, 1.165) is 17.5 Å². The van der Waals surface area contributed by atoms with Gasteiger partial charge < -0.3 is 9.36 Å². The van der Waals surface area contributed by atoms with Crippen LogP contribution in [0.1, 0.15) is 11.3 Å². The SMILES string of the molecule is Cc1cc(C)n(CC=O)c(=O)c1. The number of pyridine rings is 1. The summed E-state index contributed by atoms with van der Waals surface area (Å²) in [5.74, 6) is 0. The highest BCUT2D eigenvalue weighted by Gasteiger charge is 1.99. The molecule has 0 N–H and O–H groups in total. The molecule has 0 radical (unpaired) electrons. The van der Waals surface area contributed by atoms with Crippen molar-refractivity contribution in [1.29, 1.82) is 0 Å². The first-order chi connectivity index (χ1) is 5.65. The van der Waals surface area contributed by atoms with Crippen molar-refractivity contribution in [2.45, 2.75) is 20.4 Å². The Bertz CT molecular complexity index is 352. The van der Waals surface area contributed by atoms with E-state index in [0.29, 0.717) is 0 Å². The lowest BCUT2D eigenvalue weighted by atomic mass is 10.2. The minimum atomic E-state index is -0.111. The van der Waals surface area contributed by atoms with Gasteiger partial charge in [0.1, 0.15) is 6.29 Å². The van der Waals surface area contributed by atoms with Gasteiger partial charge in [-0.3, -0.25) is 4.79 Å². The average molecular weight is 165 g/mol. The summed E-state index contributed by atoms with van der Waals surface area (Å²) in [6.07, 6.45) is 0.726. The quantitative estimate of drug-likeness (QED) is 0.604. The molecule has 64 valence electrons. The van der Waals surface area contributed by atoms with Crippen molar-refractivity contribution in [3.63, 3.8) is 0 Å². The molecular formula is C9H11NO2. The Morgan fingerprint density at radius 3 is 2.58 bits per heavy atom. The standard InChI is InChI=1S/C9H11NO2/c1-7-5-8(2)10(3-4-11)9(12)6-7/h4-6H,3H2,1-2H3. The van der Waals surface area contributed by atoms with E-state index in [1.165, 1.54) is 10.6 Å². The molecular weight excluding hydrogens is 154 g/mol. The van der Waals surface area contributed by atoms with Crippen molar-refractivity contribution in [3.05, 3.63) is 33.7 Å². The van der Waals surface area contributed by atoms with Gasteiger partial charge in [0, 0.05) is 11.8 Å². The maximum absolute atomic E-state index is 11.3. The second kappa shape index (κ2) is 3.34. The molecule has 1 aromatic rings. The summed E-state index contributed by atoms with van der Waals surface area (Å²) in [6, 6.07) is 3.40. The second-order valence-electron chi connectivity index (χ2n) is 2.79. The minimum Gasteiger partial charge on any atom is -0.306 e. The van der Waals surface area contributed by atoms with Gasteiger partial charge in [0.15, 0.2) is 0 Å². The van der Waals surface area contributed by atoms with Crippen LogP contribution in [0.3, 0.4) is 0 Å². The highest BCUT2D eigenvalue weighted by Crippen LogP contribution is 1.97. The summed E-state index contributed by atoms with van der Waals surface area (Å²) in [5.41, 5.74) is 1.64. The van der Waals surface area contributed by atoms with E-state index < -0.39 is 0 Å². The Labute approximate surface area is 70.6 Å². The van der Waals surface area contributed by atoms with E-state index in [-0.39, 0.29) is 12.1 Å². The number of aldehydes is 1. The van der Waals surface area contributed by atoms with Gasteiger partial charge >= 0.3 is 0 Å². The molecule has 0 bridgehead atoms. The third-order valence-corrected chi connectivity index (χ3v) is 1.74. The zero-order valence-corrected chi connectivity index (χ0v) is 7.20. The fourth-order valence-corrected chi connectivity index (χ4v) is 1.20. The maximum Gasteiger partial charge on any atom is 0.251 e. The average Bonchev–Trinajstić information content (AvgIpc) is 1.96. The number of nitrogens with zero attached hydrogens (tertiary/aromatic N) is 1. The molecule has 0 aliphatic rings. The van der Waals surface area contributed by atoms with Crippen molar-refractivity contribution >= 4 is 6.29 Å². The Kier molecular flexibility index (Phi) is 2.43. The van der Waals surface area contributed by atoms with Crippen LogP contribution in [0.4, 0.5) is 0 Å². The van der Waals surface area contributed by atoms with Gasteiger partial charge in [-0.05, 0) is 25.5 Å². The first kappa shape index (κ1) is 8.71. The van der Waals surface area contributed by atoms with E-state index in [1.54, 1.807) is 0 Å². The summed E-state index contributed by atoms with van der Waals surface area (Å²) in [5, 5.41) is 0. The predicted molar refractivity (Wildman–Crippen MR) is 46.2 cm³/mol. The molecule has 0 saturated carbocycles. The second-order valence-corrected chi connectivity index (χ2v) is 2.79. The Hall–Kier alpha value is -1.38. The van der Waals surface area contributed by atoms with E-state index in [9.17, 15) is 9.59 Å². The summed E-state index contributed by atoms with van der Waals surface area (Å²) in [7, 11) is 0. The number of carbonyl (C=O) groups is 1. The number of aryl methyl sites for hydroxylation is 2. The largest absolute Gasteiger partial charge is 0.306 e. The number of hydrogen-bond donors (Lipinski definition) is 0. The van der Waals surface area contributed by atoms with E-state index >= 15 is 0 Å². The topological polar surface area (TPSA) is 39.1 Å². The number of carbonyl (C=O) groups excluding carboxylic acids is 1. The fraction of sp³-hybridized carbons (Fsp3) is 0.333. The van der Waals surface area contributed by atoms with E-state index in [1.807, 2.05) is 19.9 Å². The number of aromatic nitrogens is 1. The molecule has 0 aliphatic carbocycles. The van der Waals surface area contributed by atoms with Crippen LogP contribution in [0.2, 0.25) is 0 Å². The molecule has 12 heavy (non-hydrogen) atoms. The highest BCUT2D eigenvalue weighted by atomic mass is 16.1. The van der Waals surface area contributed by atoms with Crippen LogP contribution in [-0.2, 0) is 11.3 Å². The molecule has 0 fully saturated rings. The van der Waals surface area contributed by atoms with Crippen LogP contribution in [0.15, 0.2) is 16.9 Å². The fourth-order valence-electron chi connectivity index (χ4n) is 1.20. The molecule has 0 unspecified atom stereocenters. The van der Waals surface area contributed by atoms with Crippen LogP contribution in [0.5, 0.6) is 0 Å². The van der Waals surface area contributed by atoms with Crippen molar-refractivity contribution in [2.24, 2.45) is 0 Å². The molecule has 0 saturated heterocycles. The summed E-state index contributed by atoms with van der Waals surface area (Å²) in [4.78, 5) is 21.5. The van der Waals surface area contributed by atoms with Crippen molar-refractivity contribution in [3.8, 4) is 0 Å². The van der Waals surface area contributed by atoms with Gasteiger partial charge in [-0.2, -0.15) is 0 Å². The van der Waals surface area contributed by atoms with Gasteiger partial charge in [0.2, 0.25) is 0 Å². The molecule has 3 nitrogen and oxygen atoms in total. The maximum atomic E-state index is 11.3. The van der Waals surface area contributed by atoms with Crippen LogP contribution in [0.25, 0.3) is 0 Å². The van der Waals surface area contributed by atoms with Crippen molar-refractivity contribution in [1.82, 2.24) is 4.57 Å². The van der Waals surface area contributed by atoms with Gasteiger partial charge in [-0.15, -0.1) is 0 Å². The minimum absolute atomic E-state index is 0.111. The molecule has 1 rings (SSSR count).